The quantitative estimate of drug-likeness (QED) is 0.794. The largest absolute Gasteiger partial charge is 0.324 e. The summed E-state index contributed by atoms with van der Waals surface area (Å²) < 4.78 is 0. The molecule has 1 aromatic carbocycles. The Morgan fingerprint density at radius 1 is 1.19 bits per heavy atom. The van der Waals surface area contributed by atoms with Crippen molar-refractivity contribution in [3.8, 4) is 0 Å². The van der Waals surface area contributed by atoms with Gasteiger partial charge in [-0.15, -0.1) is 12.4 Å². The van der Waals surface area contributed by atoms with Crippen LogP contribution in [0.25, 0.3) is 0 Å². The molecule has 0 spiro atoms. The highest BCUT2D eigenvalue weighted by Crippen LogP contribution is 2.19. The van der Waals surface area contributed by atoms with E-state index in [2.05, 4.69) is 25.9 Å². The maximum absolute atomic E-state index is 11.8. The number of anilines is 2. The number of carbonyl (C=O) groups is 1. The van der Waals surface area contributed by atoms with Crippen LogP contribution in [0.15, 0.2) is 36.8 Å². The third kappa shape index (κ3) is 3.90. The average molecular weight is 306 g/mol. The lowest BCUT2D eigenvalue weighted by atomic mass is 10.0. The number of nitrogens with zero attached hydrogens (tertiary/aromatic N) is 2. The molecule has 0 saturated heterocycles. The fourth-order valence-electron chi connectivity index (χ4n) is 2.20. The topological polar surface area (TPSA) is 78.9 Å². The maximum Gasteiger partial charge on any atom is 0.324 e. The molecule has 0 fully saturated rings. The summed E-state index contributed by atoms with van der Waals surface area (Å²) in [4.78, 5) is 19.7. The molecule has 1 aliphatic rings. The minimum atomic E-state index is -0.320. The second-order valence-corrected chi connectivity index (χ2v) is 4.58. The van der Waals surface area contributed by atoms with Gasteiger partial charge in [-0.25, -0.2) is 9.78 Å². The van der Waals surface area contributed by atoms with Crippen LogP contribution in [0.5, 0.6) is 0 Å². The Morgan fingerprint density at radius 3 is 2.90 bits per heavy atom. The molecular formula is C14H16ClN5O. The van der Waals surface area contributed by atoms with Gasteiger partial charge in [-0.1, -0.05) is 6.07 Å². The first-order chi connectivity index (χ1) is 9.81. The molecule has 2 amide bonds. The van der Waals surface area contributed by atoms with Crippen molar-refractivity contribution in [2.45, 2.75) is 13.0 Å². The molecule has 1 aliphatic heterocycles. The molecular weight excluding hydrogens is 290 g/mol. The highest BCUT2D eigenvalue weighted by molar-refractivity contribution is 5.99. The molecule has 0 atom stereocenters. The molecule has 2 heterocycles. The van der Waals surface area contributed by atoms with Gasteiger partial charge in [0.2, 0.25) is 0 Å². The Kier molecular flexibility index (Phi) is 5.08. The van der Waals surface area contributed by atoms with Gasteiger partial charge < -0.3 is 10.6 Å². The summed E-state index contributed by atoms with van der Waals surface area (Å²) in [5.74, 6) is 0.423. The second-order valence-electron chi connectivity index (χ2n) is 4.58. The SMILES string of the molecule is Cl.O=C(Nc1ccc2c(c1)CCNC2)Nc1cnccn1. The van der Waals surface area contributed by atoms with Crippen LogP contribution in [0.4, 0.5) is 16.3 Å². The maximum atomic E-state index is 11.8. The predicted octanol–water partition coefficient (Wildman–Crippen LogP) is 2.19. The van der Waals surface area contributed by atoms with Crippen LogP contribution in [-0.4, -0.2) is 22.5 Å². The van der Waals surface area contributed by atoms with E-state index in [-0.39, 0.29) is 18.4 Å². The fourth-order valence-corrected chi connectivity index (χ4v) is 2.20. The van der Waals surface area contributed by atoms with Crippen molar-refractivity contribution < 1.29 is 4.79 Å². The summed E-state index contributed by atoms with van der Waals surface area (Å²) in [7, 11) is 0. The summed E-state index contributed by atoms with van der Waals surface area (Å²) >= 11 is 0. The van der Waals surface area contributed by atoms with Gasteiger partial charge in [0.1, 0.15) is 0 Å². The number of urea groups is 1. The summed E-state index contributed by atoms with van der Waals surface area (Å²) in [6, 6.07) is 5.65. The van der Waals surface area contributed by atoms with E-state index in [9.17, 15) is 4.79 Å². The van der Waals surface area contributed by atoms with Crippen molar-refractivity contribution >= 4 is 29.9 Å². The summed E-state index contributed by atoms with van der Waals surface area (Å²) in [5, 5.41) is 8.76. The van der Waals surface area contributed by atoms with Gasteiger partial charge in [-0.2, -0.15) is 0 Å². The highest BCUT2D eigenvalue weighted by Gasteiger charge is 2.10. The van der Waals surface area contributed by atoms with Crippen LogP contribution in [0.3, 0.4) is 0 Å². The zero-order chi connectivity index (χ0) is 13.8. The molecule has 0 bridgehead atoms. The Bertz CT molecular complexity index is 620. The normalized spacial score (nSPS) is 12.8. The van der Waals surface area contributed by atoms with Crippen LogP contribution >= 0.6 is 12.4 Å². The van der Waals surface area contributed by atoms with E-state index in [4.69, 9.17) is 0 Å². The number of halogens is 1. The Labute approximate surface area is 128 Å². The molecule has 0 unspecified atom stereocenters. The number of nitrogens with one attached hydrogen (secondary N) is 3. The van der Waals surface area contributed by atoms with Gasteiger partial charge in [0.15, 0.2) is 5.82 Å². The van der Waals surface area contributed by atoms with Gasteiger partial charge in [0.05, 0.1) is 6.20 Å². The Balaban J connectivity index is 0.00000161. The Morgan fingerprint density at radius 2 is 2.10 bits per heavy atom. The fraction of sp³-hybridized carbons (Fsp3) is 0.214. The molecule has 7 heteroatoms. The highest BCUT2D eigenvalue weighted by atomic mass is 35.5. The van der Waals surface area contributed by atoms with Crippen molar-refractivity contribution in [2.75, 3.05) is 17.2 Å². The number of carbonyl (C=O) groups excluding carboxylic acids is 1. The number of aromatic nitrogens is 2. The first kappa shape index (κ1) is 15.2. The average Bonchev–Trinajstić information content (AvgIpc) is 2.48. The standard InChI is InChI=1S/C14H15N5O.ClH/c20-14(19-13-9-16-5-6-17-13)18-12-2-1-11-8-15-4-3-10(11)7-12;/h1-2,5-7,9,15H,3-4,8H2,(H2,17,18,19,20);1H. The minimum absolute atomic E-state index is 0. The zero-order valence-corrected chi connectivity index (χ0v) is 12.1. The molecule has 3 N–H and O–H groups in total. The molecule has 3 rings (SSSR count). The molecule has 1 aromatic heterocycles. The number of rotatable bonds is 2. The smallest absolute Gasteiger partial charge is 0.312 e. The van der Waals surface area contributed by atoms with Crippen molar-refractivity contribution in [3.63, 3.8) is 0 Å². The molecule has 0 aliphatic carbocycles. The van der Waals surface area contributed by atoms with E-state index in [1.165, 1.54) is 23.5 Å². The van der Waals surface area contributed by atoms with Crippen LogP contribution < -0.4 is 16.0 Å². The van der Waals surface area contributed by atoms with Crippen molar-refractivity contribution in [1.29, 1.82) is 0 Å². The number of amides is 2. The minimum Gasteiger partial charge on any atom is -0.312 e. The molecule has 110 valence electrons. The lowest BCUT2D eigenvalue weighted by Crippen LogP contribution is -2.24. The number of benzene rings is 1. The van der Waals surface area contributed by atoms with Crippen LogP contribution in [-0.2, 0) is 13.0 Å². The zero-order valence-electron chi connectivity index (χ0n) is 11.3. The lowest BCUT2D eigenvalue weighted by Gasteiger charge is -2.18. The Hall–Kier alpha value is -2.18. The molecule has 2 aromatic rings. The van der Waals surface area contributed by atoms with E-state index in [0.29, 0.717) is 5.82 Å². The van der Waals surface area contributed by atoms with E-state index in [1.807, 2.05) is 18.2 Å². The van der Waals surface area contributed by atoms with Gasteiger partial charge in [0.25, 0.3) is 0 Å². The third-order valence-electron chi connectivity index (χ3n) is 3.16. The second kappa shape index (κ2) is 7.01. The van der Waals surface area contributed by atoms with E-state index < -0.39 is 0 Å². The monoisotopic (exact) mass is 305 g/mol. The molecule has 0 saturated carbocycles. The van der Waals surface area contributed by atoms with Crippen molar-refractivity contribution in [1.82, 2.24) is 15.3 Å². The van der Waals surface area contributed by atoms with Gasteiger partial charge >= 0.3 is 6.03 Å². The van der Waals surface area contributed by atoms with Crippen molar-refractivity contribution in [3.05, 3.63) is 47.9 Å². The van der Waals surface area contributed by atoms with Crippen molar-refractivity contribution in [2.24, 2.45) is 0 Å². The predicted molar refractivity (Wildman–Crippen MR) is 83.8 cm³/mol. The molecule has 21 heavy (non-hydrogen) atoms. The first-order valence-corrected chi connectivity index (χ1v) is 6.48. The number of fused-ring (bicyclic) bond motifs is 1. The number of hydrogen-bond donors (Lipinski definition) is 3. The summed E-state index contributed by atoms with van der Waals surface area (Å²) in [5.41, 5.74) is 3.35. The van der Waals surface area contributed by atoms with Gasteiger partial charge in [0, 0.05) is 24.6 Å². The third-order valence-corrected chi connectivity index (χ3v) is 3.16. The van der Waals surface area contributed by atoms with Crippen LogP contribution in [0.2, 0.25) is 0 Å². The van der Waals surface area contributed by atoms with E-state index >= 15 is 0 Å². The lowest BCUT2D eigenvalue weighted by molar-refractivity contribution is 0.262. The number of hydrogen-bond acceptors (Lipinski definition) is 4. The van der Waals surface area contributed by atoms with Crippen LogP contribution in [0.1, 0.15) is 11.1 Å². The first-order valence-electron chi connectivity index (χ1n) is 6.48. The van der Waals surface area contributed by atoms with E-state index in [1.54, 1.807) is 6.20 Å². The van der Waals surface area contributed by atoms with E-state index in [0.717, 1.165) is 25.2 Å². The molecule has 0 radical (unpaired) electrons. The molecule has 6 nitrogen and oxygen atoms in total. The van der Waals surface area contributed by atoms with Gasteiger partial charge in [-0.05, 0) is 36.2 Å². The summed E-state index contributed by atoms with van der Waals surface area (Å²) in [6.07, 6.45) is 5.57. The van der Waals surface area contributed by atoms with Crippen LogP contribution in [0, 0.1) is 0 Å². The van der Waals surface area contributed by atoms with Gasteiger partial charge in [-0.3, -0.25) is 10.3 Å². The summed E-state index contributed by atoms with van der Waals surface area (Å²) in [6.45, 7) is 1.86.